The molecule has 0 bridgehead atoms. The topological polar surface area (TPSA) is 84.8 Å². The van der Waals surface area contributed by atoms with E-state index < -0.39 is 12.2 Å². The molecular formula is C22H30N4O4. The Morgan fingerprint density at radius 1 is 1.33 bits per heavy atom. The lowest BCUT2D eigenvalue weighted by molar-refractivity contribution is -0.146. The zero-order valence-corrected chi connectivity index (χ0v) is 17.4. The van der Waals surface area contributed by atoms with Gasteiger partial charge in [0.1, 0.15) is 6.10 Å². The van der Waals surface area contributed by atoms with Crippen molar-refractivity contribution in [2.45, 2.75) is 44.5 Å². The number of benzene rings is 1. The van der Waals surface area contributed by atoms with E-state index in [1.54, 1.807) is 0 Å². The Morgan fingerprint density at radius 3 is 2.90 bits per heavy atom. The summed E-state index contributed by atoms with van der Waals surface area (Å²) in [4.78, 5) is 26.4. The normalized spacial score (nSPS) is 18.9. The largest absolute Gasteiger partial charge is 0.453 e. The highest BCUT2D eigenvalue weighted by Gasteiger charge is 2.37. The molecule has 2 fully saturated rings. The predicted molar refractivity (Wildman–Crippen MR) is 113 cm³/mol. The van der Waals surface area contributed by atoms with E-state index in [0.29, 0.717) is 32.3 Å². The van der Waals surface area contributed by atoms with Gasteiger partial charge in [0.25, 0.3) is 5.91 Å². The van der Waals surface area contributed by atoms with E-state index in [2.05, 4.69) is 38.3 Å². The number of morpholine rings is 1. The van der Waals surface area contributed by atoms with Gasteiger partial charge in [0, 0.05) is 55.9 Å². The molecule has 2 aromatic rings. The standard InChI is InChI=1S/C22H30N4O4/c1-29-22(28)24-9-4-11-25-14-16(18-5-2-3-6-19(18)25)15-26(17-7-8-17)21(27)20-13-23-10-12-30-20/h2-3,5-6,14,17,20,23H,4,7-13,15H2,1H3,(H,24,28). The molecule has 30 heavy (non-hydrogen) atoms. The van der Waals surface area contributed by atoms with Crippen molar-refractivity contribution in [3.05, 3.63) is 36.0 Å². The van der Waals surface area contributed by atoms with Crippen LogP contribution in [-0.4, -0.2) is 67.0 Å². The molecule has 1 aliphatic carbocycles. The van der Waals surface area contributed by atoms with Gasteiger partial charge in [-0.1, -0.05) is 18.2 Å². The Bertz CT molecular complexity index is 886. The molecule has 4 rings (SSSR count). The van der Waals surface area contributed by atoms with E-state index in [-0.39, 0.29) is 5.91 Å². The number of alkyl carbamates (subject to hydrolysis) is 1. The van der Waals surface area contributed by atoms with Crippen LogP contribution in [0.3, 0.4) is 0 Å². The van der Waals surface area contributed by atoms with Gasteiger partial charge in [-0.15, -0.1) is 0 Å². The summed E-state index contributed by atoms with van der Waals surface area (Å²) in [6, 6.07) is 8.59. The molecule has 0 spiro atoms. The first-order valence-electron chi connectivity index (χ1n) is 10.7. The molecule has 1 aliphatic heterocycles. The first-order valence-corrected chi connectivity index (χ1v) is 10.7. The second kappa shape index (κ2) is 9.49. The number of rotatable bonds is 8. The number of methoxy groups -OCH3 is 1. The van der Waals surface area contributed by atoms with Gasteiger partial charge in [0.2, 0.25) is 0 Å². The maximum Gasteiger partial charge on any atom is 0.406 e. The molecular weight excluding hydrogens is 384 g/mol. The average Bonchev–Trinajstić information content (AvgIpc) is 3.58. The summed E-state index contributed by atoms with van der Waals surface area (Å²) in [6.07, 6.45) is 4.25. The predicted octanol–water partition coefficient (Wildman–Crippen LogP) is 1.87. The van der Waals surface area contributed by atoms with Crippen molar-refractivity contribution >= 4 is 22.9 Å². The third-order valence-electron chi connectivity index (χ3n) is 5.72. The van der Waals surface area contributed by atoms with Crippen molar-refractivity contribution in [3.8, 4) is 0 Å². The van der Waals surface area contributed by atoms with Crippen molar-refractivity contribution in [1.29, 1.82) is 0 Å². The number of aromatic nitrogens is 1. The van der Waals surface area contributed by atoms with Gasteiger partial charge < -0.3 is 29.6 Å². The quantitative estimate of drug-likeness (QED) is 0.644. The van der Waals surface area contributed by atoms with Crippen molar-refractivity contribution in [1.82, 2.24) is 20.1 Å². The summed E-state index contributed by atoms with van der Waals surface area (Å²) in [7, 11) is 1.36. The molecule has 162 valence electrons. The molecule has 1 unspecified atom stereocenters. The summed E-state index contributed by atoms with van der Waals surface area (Å²) in [5.41, 5.74) is 2.29. The smallest absolute Gasteiger partial charge is 0.406 e. The summed E-state index contributed by atoms with van der Waals surface area (Å²) < 4.78 is 12.5. The summed E-state index contributed by atoms with van der Waals surface area (Å²) >= 11 is 0. The summed E-state index contributed by atoms with van der Waals surface area (Å²) in [6.45, 7) is 3.87. The van der Waals surface area contributed by atoms with Crippen LogP contribution in [-0.2, 0) is 27.4 Å². The van der Waals surface area contributed by atoms with Gasteiger partial charge in [-0.3, -0.25) is 4.79 Å². The number of hydrogen-bond donors (Lipinski definition) is 2. The van der Waals surface area contributed by atoms with Crippen molar-refractivity contribution in [3.63, 3.8) is 0 Å². The number of fused-ring (bicyclic) bond motifs is 1. The number of hydrogen-bond acceptors (Lipinski definition) is 5. The summed E-state index contributed by atoms with van der Waals surface area (Å²) in [5, 5.41) is 7.14. The van der Waals surface area contributed by atoms with Crippen LogP contribution in [0.25, 0.3) is 10.9 Å². The van der Waals surface area contributed by atoms with E-state index in [4.69, 9.17) is 4.74 Å². The van der Waals surface area contributed by atoms with Crippen LogP contribution in [0.4, 0.5) is 4.79 Å². The molecule has 1 saturated carbocycles. The first-order chi connectivity index (χ1) is 14.7. The third-order valence-corrected chi connectivity index (χ3v) is 5.72. The Hall–Kier alpha value is -2.58. The van der Waals surface area contributed by atoms with Crippen LogP contribution in [0.2, 0.25) is 0 Å². The molecule has 2 amide bonds. The molecule has 2 heterocycles. The monoisotopic (exact) mass is 414 g/mol. The lowest BCUT2D eigenvalue weighted by Crippen LogP contribution is -2.49. The van der Waals surface area contributed by atoms with Crippen LogP contribution in [0.1, 0.15) is 24.8 Å². The molecule has 8 nitrogen and oxygen atoms in total. The number of amides is 2. The fraction of sp³-hybridized carbons (Fsp3) is 0.545. The fourth-order valence-electron chi connectivity index (χ4n) is 4.01. The molecule has 1 saturated heterocycles. The van der Waals surface area contributed by atoms with E-state index >= 15 is 0 Å². The second-order valence-electron chi connectivity index (χ2n) is 7.90. The number of para-hydroxylation sites is 1. The highest BCUT2D eigenvalue weighted by molar-refractivity contribution is 5.86. The molecule has 2 N–H and O–H groups in total. The lowest BCUT2D eigenvalue weighted by Gasteiger charge is -2.30. The molecule has 8 heteroatoms. The van der Waals surface area contributed by atoms with Gasteiger partial charge in [0.15, 0.2) is 0 Å². The Kier molecular flexibility index (Phi) is 6.54. The molecule has 2 aliphatic rings. The first kappa shape index (κ1) is 20.7. The number of ether oxygens (including phenoxy) is 2. The number of nitrogens with zero attached hydrogens (tertiary/aromatic N) is 2. The number of nitrogens with one attached hydrogen (secondary N) is 2. The molecule has 1 atom stereocenters. The van der Waals surface area contributed by atoms with E-state index in [1.807, 2.05) is 17.0 Å². The molecule has 1 aromatic carbocycles. The van der Waals surface area contributed by atoms with Crippen LogP contribution in [0.5, 0.6) is 0 Å². The lowest BCUT2D eigenvalue weighted by atomic mass is 10.1. The maximum atomic E-state index is 13.1. The Balaban J connectivity index is 1.48. The SMILES string of the molecule is COC(=O)NCCCn1cc(CN(C(=O)C2CNCCO2)C2CC2)c2ccccc21. The number of carbonyl (C=O) groups is 2. The van der Waals surface area contributed by atoms with Gasteiger partial charge in [-0.2, -0.15) is 0 Å². The van der Waals surface area contributed by atoms with Gasteiger partial charge >= 0.3 is 6.09 Å². The van der Waals surface area contributed by atoms with Crippen molar-refractivity contribution < 1.29 is 19.1 Å². The molecule has 0 radical (unpaired) electrons. The fourth-order valence-corrected chi connectivity index (χ4v) is 4.01. The van der Waals surface area contributed by atoms with Crippen LogP contribution < -0.4 is 10.6 Å². The number of aryl methyl sites for hydroxylation is 1. The molecule has 1 aromatic heterocycles. The minimum Gasteiger partial charge on any atom is -0.453 e. The zero-order chi connectivity index (χ0) is 20.9. The maximum absolute atomic E-state index is 13.1. The average molecular weight is 415 g/mol. The minimum absolute atomic E-state index is 0.0869. The van der Waals surface area contributed by atoms with E-state index in [0.717, 1.165) is 43.4 Å². The summed E-state index contributed by atoms with van der Waals surface area (Å²) in [5.74, 6) is 0.0869. The van der Waals surface area contributed by atoms with Crippen LogP contribution in [0.15, 0.2) is 30.5 Å². The Morgan fingerprint density at radius 2 is 2.17 bits per heavy atom. The van der Waals surface area contributed by atoms with Crippen LogP contribution >= 0.6 is 0 Å². The van der Waals surface area contributed by atoms with Crippen molar-refractivity contribution in [2.24, 2.45) is 0 Å². The second-order valence-corrected chi connectivity index (χ2v) is 7.90. The highest BCUT2D eigenvalue weighted by Crippen LogP contribution is 2.31. The van der Waals surface area contributed by atoms with Gasteiger partial charge in [0.05, 0.1) is 13.7 Å². The number of carbonyl (C=O) groups excluding carboxylic acids is 2. The van der Waals surface area contributed by atoms with E-state index in [9.17, 15) is 9.59 Å². The van der Waals surface area contributed by atoms with E-state index in [1.165, 1.54) is 12.5 Å². The third kappa shape index (κ3) is 4.76. The Labute approximate surface area is 176 Å². The van der Waals surface area contributed by atoms with Crippen molar-refractivity contribution in [2.75, 3.05) is 33.4 Å². The van der Waals surface area contributed by atoms with Gasteiger partial charge in [-0.25, -0.2) is 4.79 Å². The van der Waals surface area contributed by atoms with Crippen LogP contribution in [0, 0.1) is 0 Å². The highest BCUT2D eigenvalue weighted by atomic mass is 16.5. The zero-order valence-electron chi connectivity index (χ0n) is 17.4. The minimum atomic E-state index is -0.411. The van der Waals surface area contributed by atoms with Gasteiger partial charge in [-0.05, 0) is 30.9 Å².